The third kappa shape index (κ3) is 4.07. The number of anilines is 3. The summed E-state index contributed by atoms with van der Waals surface area (Å²) in [5.74, 6) is 0.00116. The molecule has 2 heterocycles. The number of H-pyrrole nitrogens is 1. The highest BCUT2D eigenvalue weighted by molar-refractivity contribution is 6.30. The lowest BCUT2D eigenvalue weighted by Crippen LogP contribution is -2.20. The summed E-state index contributed by atoms with van der Waals surface area (Å²) in [6.45, 7) is 7.61. The highest BCUT2D eigenvalue weighted by Crippen LogP contribution is 2.32. The SMILES string of the molecule is C=Cc1nccc(Nc2cc(-c3cc(Cl)ccc3F)c(=O)[nH]c2N(C)C)c1C=C. The van der Waals surface area contributed by atoms with Crippen molar-refractivity contribution in [3.63, 3.8) is 0 Å². The Hall–Kier alpha value is -3.38. The monoisotopic (exact) mass is 410 g/mol. The summed E-state index contributed by atoms with van der Waals surface area (Å²) in [6.07, 6.45) is 4.95. The van der Waals surface area contributed by atoms with E-state index in [1.54, 1.807) is 49.5 Å². The number of pyridine rings is 2. The number of hydrogen-bond donors (Lipinski definition) is 2. The molecule has 0 aliphatic carbocycles. The van der Waals surface area contributed by atoms with Crippen molar-refractivity contribution in [1.82, 2.24) is 9.97 Å². The van der Waals surface area contributed by atoms with Gasteiger partial charge in [-0.3, -0.25) is 9.78 Å². The smallest absolute Gasteiger partial charge is 0.257 e. The zero-order valence-electron chi connectivity index (χ0n) is 16.1. The maximum absolute atomic E-state index is 14.4. The fraction of sp³-hybridized carbons (Fsp3) is 0.0909. The van der Waals surface area contributed by atoms with Gasteiger partial charge in [-0.15, -0.1) is 0 Å². The molecule has 3 aromatic rings. The fourth-order valence-electron chi connectivity index (χ4n) is 2.99. The van der Waals surface area contributed by atoms with Crippen molar-refractivity contribution in [2.45, 2.75) is 0 Å². The second-order valence-electron chi connectivity index (χ2n) is 6.48. The average molecular weight is 411 g/mol. The second-order valence-corrected chi connectivity index (χ2v) is 6.92. The third-order valence-electron chi connectivity index (χ3n) is 4.37. The van der Waals surface area contributed by atoms with Gasteiger partial charge in [-0.05, 0) is 36.4 Å². The number of halogens is 2. The topological polar surface area (TPSA) is 61.0 Å². The Morgan fingerprint density at radius 3 is 2.55 bits per heavy atom. The number of nitrogens with zero attached hydrogens (tertiary/aromatic N) is 2. The summed E-state index contributed by atoms with van der Waals surface area (Å²) in [5.41, 5.74) is 2.58. The predicted molar refractivity (Wildman–Crippen MR) is 119 cm³/mol. The number of aromatic amines is 1. The van der Waals surface area contributed by atoms with Gasteiger partial charge in [0.05, 0.1) is 16.9 Å². The first-order valence-electron chi connectivity index (χ1n) is 8.76. The molecule has 0 radical (unpaired) electrons. The molecule has 0 saturated carbocycles. The van der Waals surface area contributed by atoms with Gasteiger partial charge in [-0.25, -0.2) is 4.39 Å². The zero-order chi connectivity index (χ0) is 21.1. The van der Waals surface area contributed by atoms with E-state index in [4.69, 9.17) is 11.6 Å². The Balaban J connectivity index is 2.21. The van der Waals surface area contributed by atoms with Crippen molar-refractivity contribution >= 4 is 40.9 Å². The molecule has 0 aliphatic heterocycles. The summed E-state index contributed by atoms with van der Waals surface area (Å²) in [4.78, 5) is 21.5. The van der Waals surface area contributed by atoms with Crippen molar-refractivity contribution in [1.29, 1.82) is 0 Å². The molecule has 1 aromatic carbocycles. The van der Waals surface area contributed by atoms with E-state index < -0.39 is 11.4 Å². The van der Waals surface area contributed by atoms with Crippen molar-refractivity contribution in [2.24, 2.45) is 0 Å². The van der Waals surface area contributed by atoms with Crippen LogP contribution in [0.2, 0.25) is 5.02 Å². The normalized spacial score (nSPS) is 10.5. The largest absolute Gasteiger partial charge is 0.362 e. The van der Waals surface area contributed by atoms with Gasteiger partial charge in [-0.2, -0.15) is 0 Å². The van der Waals surface area contributed by atoms with E-state index in [0.717, 1.165) is 11.3 Å². The Morgan fingerprint density at radius 2 is 1.90 bits per heavy atom. The highest BCUT2D eigenvalue weighted by Gasteiger charge is 2.16. The Bertz CT molecular complexity index is 1150. The summed E-state index contributed by atoms with van der Waals surface area (Å²) < 4.78 is 14.4. The van der Waals surface area contributed by atoms with Crippen LogP contribution in [0.25, 0.3) is 23.3 Å². The third-order valence-corrected chi connectivity index (χ3v) is 4.61. The quantitative estimate of drug-likeness (QED) is 0.577. The lowest BCUT2D eigenvalue weighted by Gasteiger charge is -2.20. The molecule has 0 bridgehead atoms. The van der Waals surface area contributed by atoms with E-state index in [9.17, 15) is 9.18 Å². The van der Waals surface area contributed by atoms with Crippen LogP contribution in [0.3, 0.4) is 0 Å². The minimum Gasteiger partial charge on any atom is -0.362 e. The Kier molecular flexibility index (Phi) is 5.84. The molecule has 0 atom stereocenters. The standard InChI is InChI=1S/C22H20ClFN4O/c1-5-14-18(6-2)25-10-9-19(14)26-20-12-16(22(29)27-21(20)28(3)4)15-11-13(23)7-8-17(15)24/h5-12H,1-2H2,3-4H3,(H,25,26)(H,27,29). The van der Waals surface area contributed by atoms with Crippen LogP contribution in [-0.2, 0) is 0 Å². The first-order chi connectivity index (χ1) is 13.8. The molecule has 148 valence electrons. The van der Waals surface area contributed by atoms with Gasteiger partial charge >= 0.3 is 0 Å². The van der Waals surface area contributed by atoms with Gasteiger partial charge in [-0.1, -0.05) is 30.8 Å². The van der Waals surface area contributed by atoms with Crippen LogP contribution in [0.1, 0.15) is 11.3 Å². The maximum atomic E-state index is 14.4. The lowest BCUT2D eigenvalue weighted by molar-refractivity contribution is 0.631. The molecule has 0 spiro atoms. The molecule has 2 N–H and O–H groups in total. The summed E-state index contributed by atoms with van der Waals surface area (Å²) in [7, 11) is 3.60. The van der Waals surface area contributed by atoms with E-state index in [1.807, 2.05) is 0 Å². The molecular formula is C22H20ClFN4O. The first kappa shape index (κ1) is 20.4. The molecule has 2 aromatic heterocycles. The number of rotatable bonds is 6. The zero-order valence-corrected chi connectivity index (χ0v) is 16.8. The minimum absolute atomic E-state index is 0.123. The van der Waals surface area contributed by atoms with Crippen LogP contribution in [0, 0.1) is 5.82 Å². The van der Waals surface area contributed by atoms with Crippen molar-refractivity contribution < 1.29 is 4.39 Å². The first-order valence-corrected chi connectivity index (χ1v) is 9.14. The van der Waals surface area contributed by atoms with Crippen molar-refractivity contribution in [3.8, 4) is 11.1 Å². The number of benzene rings is 1. The molecule has 5 nitrogen and oxygen atoms in total. The molecule has 7 heteroatoms. The van der Waals surface area contributed by atoms with Crippen molar-refractivity contribution in [3.05, 3.63) is 82.1 Å². The van der Waals surface area contributed by atoms with Crippen LogP contribution in [0.5, 0.6) is 0 Å². The molecule has 0 unspecified atom stereocenters. The van der Waals surface area contributed by atoms with E-state index in [0.29, 0.717) is 22.2 Å². The van der Waals surface area contributed by atoms with Gasteiger partial charge in [0, 0.05) is 42.1 Å². The number of nitrogens with one attached hydrogen (secondary N) is 2. The molecule has 0 aliphatic rings. The van der Waals surface area contributed by atoms with Crippen LogP contribution in [0.4, 0.5) is 21.6 Å². The van der Waals surface area contributed by atoms with Gasteiger partial charge in [0.2, 0.25) is 0 Å². The van der Waals surface area contributed by atoms with E-state index in [2.05, 4.69) is 28.4 Å². The van der Waals surface area contributed by atoms with Crippen molar-refractivity contribution in [2.75, 3.05) is 24.3 Å². The van der Waals surface area contributed by atoms with E-state index in [-0.39, 0.29) is 11.1 Å². The predicted octanol–water partition coefficient (Wildman–Crippen LogP) is 5.33. The summed E-state index contributed by atoms with van der Waals surface area (Å²) in [5, 5.41) is 3.63. The van der Waals surface area contributed by atoms with E-state index in [1.165, 1.54) is 18.2 Å². The van der Waals surface area contributed by atoms with Crippen LogP contribution in [0.15, 0.2) is 54.5 Å². The maximum Gasteiger partial charge on any atom is 0.257 e. The Labute approximate surface area is 173 Å². The number of aromatic nitrogens is 2. The lowest BCUT2D eigenvalue weighted by atomic mass is 10.1. The fourth-order valence-corrected chi connectivity index (χ4v) is 3.17. The van der Waals surface area contributed by atoms with Gasteiger partial charge in [0.1, 0.15) is 11.6 Å². The van der Waals surface area contributed by atoms with Crippen LogP contribution >= 0.6 is 11.6 Å². The molecule has 3 rings (SSSR count). The minimum atomic E-state index is -0.534. The molecule has 29 heavy (non-hydrogen) atoms. The number of hydrogen-bond acceptors (Lipinski definition) is 4. The van der Waals surface area contributed by atoms with Crippen LogP contribution in [-0.4, -0.2) is 24.1 Å². The van der Waals surface area contributed by atoms with Crippen LogP contribution < -0.4 is 15.8 Å². The summed E-state index contributed by atoms with van der Waals surface area (Å²) in [6, 6.07) is 7.49. The molecular weight excluding hydrogens is 391 g/mol. The average Bonchev–Trinajstić information content (AvgIpc) is 2.70. The van der Waals surface area contributed by atoms with Gasteiger partial charge < -0.3 is 15.2 Å². The Morgan fingerprint density at radius 1 is 1.14 bits per heavy atom. The van der Waals surface area contributed by atoms with Gasteiger partial charge in [0.15, 0.2) is 0 Å². The summed E-state index contributed by atoms with van der Waals surface area (Å²) >= 11 is 6.01. The molecule has 0 saturated heterocycles. The molecule has 0 fully saturated rings. The van der Waals surface area contributed by atoms with E-state index >= 15 is 0 Å². The second kappa shape index (κ2) is 8.32. The van der Waals surface area contributed by atoms with Gasteiger partial charge in [0.25, 0.3) is 5.56 Å². The highest BCUT2D eigenvalue weighted by atomic mass is 35.5. The molecule has 0 amide bonds.